The molecule has 0 radical (unpaired) electrons. The number of hydrogen-bond donors (Lipinski definition) is 0. The molecular formula is C26H30ClN3O3. The van der Waals surface area contributed by atoms with Crippen LogP contribution in [-0.4, -0.2) is 46.4 Å². The third kappa shape index (κ3) is 5.81. The minimum Gasteiger partial charge on any atom is -0.466 e. The highest BCUT2D eigenvalue weighted by Gasteiger charge is 2.26. The number of nitrogens with zero attached hydrogens (tertiary/aromatic N) is 3. The predicted molar refractivity (Wildman–Crippen MR) is 131 cm³/mol. The molecule has 1 atom stereocenters. The lowest BCUT2D eigenvalue weighted by Gasteiger charge is -2.25. The van der Waals surface area contributed by atoms with E-state index in [0.717, 1.165) is 49.0 Å². The van der Waals surface area contributed by atoms with E-state index in [1.54, 1.807) is 4.68 Å². The number of fused-ring (bicyclic) bond motifs is 1. The second-order valence-corrected chi connectivity index (χ2v) is 8.96. The van der Waals surface area contributed by atoms with Crippen LogP contribution in [0, 0.1) is 0 Å². The highest BCUT2D eigenvalue weighted by Crippen LogP contribution is 2.21. The summed E-state index contributed by atoms with van der Waals surface area (Å²) in [6, 6.07) is 15.7. The number of benzene rings is 2. The summed E-state index contributed by atoms with van der Waals surface area (Å²) in [5.41, 5.74) is 1.94. The van der Waals surface area contributed by atoms with Crippen LogP contribution in [-0.2, 0) is 22.5 Å². The average Bonchev–Trinajstić information content (AvgIpc) is 3.25. The number of aromatic nitrogens is 2. The van der Waals surface area contributed by atoms with Gasteiger partial charge in [-0.1, -0.05) is 41.9 Å². The summed E-state index contributed by atoms with van der Waals surface area (Å²) in [5.74, 6) is -0.146. The van der Waals surface area contributed by atoms with E-state index in [0.29, 0.717) is 36.4 Å². The van der Waals surface area contributed by atoms with Crippen molar-refractivity contribution in [2.24, 2.45) is 0 Å². The number of carbonyl (C=O) groups is 1. The van der Waals surface area contributed by atoms with Gasteiger partial charge in [-0.15, -0.1) is 0 Å². The van der Waals surface area contributed by atoms with Gasteiger partial charge in [0, 0.05) is 29.3 Å². The van der Waals surface area contributed by atoms with Gasteiger partial charge in [-0.05, 0) is 63.0 Å². The Labute approximate surface area is 199 Å². The quantitative estimate of drug-likeness (QED) is 0.435. The Morgan fingerprint density at radius 2 is 1.91 bits per heavy atom. The highest BCUT2D eigenvalue weighted by atomic mass is 35.5. The zero-order valence-electron chi connectivity index (χ0n) is 19.0. The molecule has 7 heteroatoms. The summed E-state index contributed by atoms with van der Waals surface area (Å²) < 4.78 is 6.67. The molecule has 0 bridgehead atoms. The maximum Gasteiger partial charge on any atom is 0.305 e. The number of esters is 1. The molecule has 0 N–H and O–H groups in total. The summed E-state index contributed by atoms with van der Waals surface area (Å²) in [6.07, 6.45) is 3.93. The molecule has 0 aliphatic carbocycles. The molecule has 3 aromatic rings. The minimum absolute atomic E-state index is 0.0520. The second-order valence-electron chi connectivity index (χ2n) is 8.52. The number of hydrogen-bond acceptors (Lipinski definition) is 5. The topological polar surface area (TPSA) is 64.4 Å². The van der Waals surface area contributed by atoms with Crippen molar-refractivity contribution in [2.45, 2.75) is 51.6 Å². The van der Waals surface area contributed by atoms with Crippen molar-refractivity contribution in [3.8, 4) is 0 Å². The smallest absolute Gasteiger partial charge is 0.305 e. The van der Waals surface area contributed by atoms with Gasteiger partial charge in [0.15, 0.2) is 0 Å². The largest absolute Gasteiger partial charge is 0.466 e. The number of halogens is 1. The van der Waals surface area contributed by atoms with Gasteiger partial charge in [0.1, 0.15) is 0 Å². The molecule has 6 nitrogen and oxygen atoms in total. The normalized spacial score (nSPS) is 16.4. The Balaban J connectivity index is 1.54. The first-order valence-electron chi connectivity index (χ1n) is 11.7. The number of rotatable bonds is 9. The highest BCUT2D eigenvalue weighted by molar-refractivity contribution is 6.30. The fourth-order valence-electron chi connectivity index (χ4n) is 4.61. The molecule has 4 rings (SSSR count). The van der Waals surface area contributed by atoms with Crippen LogP contribution in [0.25, 0.3) is 10.8 Å². The molecule has 33 heavy (non-hydrogen) atoms. The Bertz CT molecular complexity index is 1160. The van der Waals surface area contributed by atoms with Crippen LogP contribution >= 0.6 is 11.6 Å². The molecule has 0 saturated carbocycles. The lowest BCUT2D eigenvalue weighted by atomic mass is 10.0. The molecule has 0 unspecified atom stereocenters. The summed E-state index contributed by atoms with van der Waals surface area (Å²) in [5, 5.41) is 7.11. The van der Waals surface area contributed by atoms with E-state index >= 15 is 0 Å². The molecule has 1 aliphatic heterocycles. The van der Waals surface area contributed by atoms with Gasteiger partial charge in [-0.25, -0.2) is 4.68 Å². The first-order chi connectivity index (χ1) is 16.0. The van der Waals surface area contributed by atoms with E-state index in [-0.39, 0.29) is 17.6 Å². The van der Waals surface area contributed by atoms with Crippen LogP contribution in [0.2, 0.25) is 5.02 Å². The van der Waals surface area contributed by atoms with Crippen LogP contribution in [0.4, 0.5) is 0 Å². The molecule has 174 valence electrons. The molecule has 1 saturated heterocycles. The predicted octanol–water partition coefficient (Wildman–Crippen LogP) is 4.45. The van der Waals surface area contributed by atoms with Crippen LogP contribution in [0.5, 0.6) is 0 Å². The fourth-order valence-corrected chi connectivity index (χ4v) is 4.74. The molecule has 0 amide bonds. The van der Waals surface area contributed by atoms with E-state index in [9.17, 15) is 9.59 Å². The van der Waals surface area contributed by atoms with Crippen LogP contribution in [0.1, 0.15) is 43.9 Å². The third-order valence-electron chi connectivity index (χ3n) is 6.24. The SMILES string of the molecule is CCOC(=O)CCCN1CCC[C@@H]1Cn1nc(Cc2ccc(Cl)cc2)c2ccccc2c1=O. The van der Waals surface area contributed by atoms with Crippen LogP contribution in [0.15, 0.2) is 53.3 Å². The summed E-state index contributed by atoms with van der Waals surface area (Å²) in [6.45, 7) is 4.59. The van der Waals surface area contributed by atoms with Crippen molar-refractivity contribution in [2.75, 3.05) is 19.7 Å². The van der Waals surface area contributed by atoms with Crippen molar-refractivity contribution in [3.05, 3.63) is 75.2 Å². The molecule has 2 aromatic carbocycles. The number of likely N-dealkylation sites (tertiary alicyclic amines) is 1. The van der Waals surface area contributed by atoms with Gasteiger partial charge >= 0.3 is 5.97 Å². The van der Waals surface area contributed by atoms with Gasteiger partial charge in [0.25, 0.3) is 5.56 Å². The van der Waals surface area contributed by atoms with Crippen molar-refractivity contribution in [3.63, 3.8) is 0 Å². The monoisotopic (exact) mass is 467 g/mol. The van der Waals surface area contributed by atoms with Crippen molar-refractivity contribution >= 4 is 28.3 Å². The van der Waals surface area contributed by atoms with Crippen molar-refractivity contribution in [1.29, 1.82) is 0 Å². The molecule has 1 aliphatic rings. The van der Waals surface area contributed by atoms with Crippen molar-refractivity contribution in [1.82, 2.24) is 14.7 Å². The zero-order valence-corrected chi connectivity index (χ0v) is 19.8. The zero-order chi connectivity index (χ0) is 23.2. The molecule has 2 heterocycles. The first kappa shape index (κ1) is 23.5. The summed E-state index contributed by atoms with van der Waals surface area (Å²) in [7, 11) is 0. The molecule has 1 fully saturated rings. The lowest BCUT2D eigenvalue weighted by molar-refractivity contribution is -0.143. The number of carbonyl (C=O) groups excluding carboxylic acids is 1. The Hall–Kier alpha value is -2.70. The lowest BCUT2D eigenvalue weighted by Crippen LogP contribution is -2.38. The van der Waals surface area contributed by atoms with Crippen molar-refractivity contribution < 1.29 is 9.53 Å². The van der Waals surface area contributed by atoms with Gasteiger partial charge < -0.3 is 4.74 Å². The van der Waals surface area contributed by atoms with E-state index in [1.165, 1.54) is 0 Å². The molecular weight excluding hydrogens is 438 g/mol. The standard InChI is InChI=1S/C26H30ClN3O3/c1-2-33-25(31)10-6-16-29-15-5-7-21(29)18-30-26(32)23-9-4-3-8-22(23)24(28-30)17-19-11-13-20(27)14-12-19/h3-4,8-9,11-14,21H,2,5-7,10,15-18H2,1H3/t21-/m1/s1. The van der Waals surface area contributed by atoms with E-state index < -0.39 is 0 Å². The maximum atomic E-state index is 13.3. The maximum absolute atomic E-state index is 13.3. The first-order valence-corrected chi connectivity index (χ1v) is 12.1. The number of ether oxygens (including phenoxy) is 1. The summed E-state index contributed by atoms with van der Waals surface area (Å²) in [4.78, 5) is 27.3. The van der Waals surface area contributed by atoms with E-state index in [2.05, 4.69) is 4.90 Å². The second kappa shape index (κ2) is 10.9. The fraction of sp³-hybridized carbons (Fsp3) is 0.423. The van der Waals surface area contributed by atoms with Crippen LogP contribution in [0.3, 0.4) is 0 Å². The van der Waals surface area contributed by atoms with Gasteiger partial charge in [0.2, 0.25) is 0 Å². The third-order valence-corrected chi connectivity index (χ3v) is 6.50. The minimum atomic E-state index is -0.146. The van der Waals surface area contributed by atoms with E-state index in [4.69, 9.17) is 21.4 Å². The Morgan fingerprint density at radius 3 is 2.67 bits per heavy atom. The van der Waals surface area contributed by atoms with E-state index in [1.807, 2.05) is 55.5 Å². The van der Waals surface area contributed by atoms with Gasteiger partial charge in [-0.2, -0.15) is 5.10 Å². The summed E-state index contributed by atoms with van der Waals surface area (Å²) >= 11 is 6.04. The Kier molecular flexibility index (Phi) is 7.78. The molecule has 1 aromatic heterocycles. The van der Waals surface area contributed by atoms with Crippen LogP contribution < -0.4 is 5.56 Å². The average molecular weight is 468 g/mol. The van der Waals surface area contributed by atoms with Gasteiger partial charge in [0.05, 0.1) is 24.2 Å². The van der Waals surface area contributed by atoms with Gasteiger partial charge in [-0.3, -0.25) is 14.5 Å². The Morgan fingerprint density at radius 1 is 1.15 bits per heavy atom. The molecule has 0 spiro atoms.